The molecule has 2 fully saturated rings. The Labute approximate surface area is 175 Å². The zero-order chi connectivity index (χ0) is 20.5. The van der Waals surface area contributed by atoms with Crippen molar-refractivity contribution >= 4 is 11.9 Å². The Hall–Kier alpha value is -2.08. The molecule has 0 radical (unpaired) electrons. The maximum atomic E-state index is 11.8. The van der Waals surface area contributed by atoms with Gasteiger partial charge in [-0.05, 0) is 50.3 Å². The van der Waals surface area contributed by atoms with Crippen LogP contribution in [0.2, 0.25) is 0 Å². The van der Waals surface area contributed by atoms with Crippen LogP contribution in [0.25, 0.3) is 0 Å². The molecule has 29 heavy (non-hydrogen) atoms. The molecule has 2 saturated heterocycles. The van der Waals surface area contributed by atoms with Crippen molar-refractivity contribution in [2.24, 2.45) is 4.99 Å². The van der Waals surface area contributed by atoms with Crippen molar-refractivity contribution in [3.63, 3.8) is 0 Å². The molecule has 0 bridgehead atoms. The van der Waals surface area contributed by atoms with E-state index >= 15 is 0 Å². The summed E-state index contributed by atoms with van der Waals surface area (Å²) in [6, 6.07) is 9.24. The number of carbonyl (C=O) groups excluding carboxylic acids is 1. The second-order valence-corrected chi connectivity index (χ2v) is 8.32. The lowest BCUT2D eigenvalue weighted by Crippen LogP contribution is -2.41. The maximum absolute atomic E-state index is 11.8. The number of hydrogen-bond acceptors (Lipinski definition) is 3. The topological polar surface area (TPSA) is 60.0 Å². The second kappa shape index (κ2) is 11.2. The predicted octanol–water partition coefficient (Wildman–Crippen LogP) is 2.74. The number of likely N-dealkylation sites (tertiary alicyclic amines) is 2. The van der Waals surface area contributed by atoms with Crippen molar-refractivity contribution in [1.29, 1.82) is 0 Å². The van der Waals surface area contributed by atoms with E-state index in [1.807, 2.05) is 11.9 Å². The van der Waals surface area contributed by atoms with E-state index in [2.05, 4.69) is 51.7 Å². The Morgan fingerprint density at radius 1 is 1.10 bits per heavy atom. The van der Waals surface area contributed by atoms with Crippen molar-refractivity contribution in [3.8, 4) is 0 Å². The fraction of sp³-hybridized carbons (Fsp3) is 0.652. The third kappa shape index (κ3) is 6.74. The molecule has 3 rings (SSSR count). The molecule has 2 heterocycles. The highest BCUT2D eigenvalue weighted by molar-refractivity contribution is 5.79. The first kappa shape index (κ1) is 21.6. The van der Waals surface area contributed by atoms with Crippen LogP contribution >= 0.6 is 0 Å². The quantitative estimate of drug-likeness (QED) is 0.401. The van der Waals surface area contributed by atoms with Crippen molar-refractivity contribution in [1.82, 2.24) is 20.4 Å². The van der Waals surface area contributed by atoms with Crippen molar-refractivity contribution in [3.05, 3.63) is 35.4 Å². The third-order valence-corrected chi connectivity index (χ3v) is 6.11. The van der Waals surface area contributed by atoms with Crippen LogP contribution in [0, 0.1) is 0 Å². The molecule has 1 unspecified atom stereocenters. The number of nitrogens with one attached hydrogen (secondary N) is 2. The van der Waals surface area contributed by atoms with Crippen molar-refractivity contribution in [2.45, 2.75) is 64.6 Å². The maximum Gasteiger partial charge on any atom is 0.222 e. The number of hydrogen-bond donors (Lipinski definition) is 2. The number of nitrogens with zero attached hydrogens (tertiary/aromatic N) is 3. The van der Waals surface area contributed by atoms with E-state index in [-0.39, 0.29) is 5.91 Å². The van der Waals surface area contributed by atoms with Gasteiger partial charge in [0.25, 0.3) is 0 Å². The third-order valence-electron chi connectivity index (χ3n) is 6.11. The fourth-order valence-corrected chi connectivity index (χ4v) is 4.24. The minimum absolute atomic E-state index is 0.278. The number of amides is 1. The van der Waals surface area contributed by atoms with Gasteiger partial charge in [0.2, 0.25) is 5.91 Å². The van der Waals surface area contributed by atoms with E-state index in [4.69, 9.17) is 0 Å². The van der Waals surface area contributed by atoms with E-state index < -0.39 is 0 Å². The first-order valence-corrected chi connectivity index (χ1v) is 11.2. The van der Waals surface area contributed by atoms with Crippen LogP contribution in [0.5, 0.6) is 0 Å². The summed E-state index contributed by atoms with van der Waals surface area (Å²) in [5.41, 5.74) is 2.41. The molecule has 6 nitrogen and oxygen atoms in total. The van der Waals surface area contributed by atoms with Crippen LogP contribution in [-0.2, 0) is 17.9 Å². The lowest BCUT2D eigenvalue weighted by molar-refractivity contribution is -0.128. The van der Waals surface area contributed by atoms with Gasteiger partial charge in [-0.15, -0.1) is 0 Å². The Morgan fingerprint density at radius 2 is 1.90 bits per heavy atom. The van der Waals surface area contributed by atoms with Gasteiger partial charge in [-0.3, -0.25) is 9.79 Å². The number of benzene rings is 1. The van der Waals surface area contributed by atoms with Crippen molar-refractivity contribution < 1.29 is 4.79 Å². The highest BCUT2D eigenvalue weighted by atomic mass is 16.2. The number of carbonyl (C=O) groups is 1. The zero-order valence-corrected chi connectivity index (χ0v) is 18.1. The summed E-state index contributed by atoms with van der Waals surface area (Å²) in [4.78, 5) is 20.7. The van der Waals surface area contributed by atoms with Crippen LogP contribution in [0.4, 0.5) is 0 Å². The largest absolute Gasteiger partial charge is 0.356 e. The molecule has 1 aromatic rings. The van der Waals surface area contributed by atoms with E-state index in [0.29, 0.717) is 6.42 Å². The predicted molar refractivity (Wildman–Crippen MR) is 119 cm³/mol. The summed E-state index contributed by atoms with van der Waals surface area (Å²) in [7, 11) is 1.82. The number of guanidine groups is 1. The van der Waals surface area contributed by atoms with Crippen LogP contribution in [0.15, 0.2) is 29.3 Å². The smallest absolute Gasteiger partial charge is 0.222 e. The summed E-state index contributed by atoms with van der Waals surface area (Å²) in [6.07, 6.45) is 6.88. The minimum atomic E-state index is 0.278. The van der Waals surface area contributed by atoms with Crippen LogP contribution in [0.3, 0.4) is 0 Å². The summed E-state index contributed by atoms with van der Waals surface area (Å²) < 4.78 is 0. The summed E-state index contributed by atoms with van der Waals surface area (Å²) in [5.74, 6) is 1.13. The normalized spacial score (nSPS) is 20.9. The molecule has 0 spiro atoms. The fourth-order valence-electron chi connectivity index (χ4n) is 4.24. The van der Waals surface area contributed by atoms with E-state index in [1.165, 1.54) is 36.9 Å². The van der Waals surface area contributed by atoms with Crippen LogP contribution in [-0.4, -0.2) is 60.9 Å². The SMILES string of the molecule is CN=C(NCCCN1CCCCC1C)NCc1ccc(CN2CCCC2=O)cc1. The number of piperidine rings is 1. The van der Waals surface area contributed by atoms with Gasteiger partial charge in [-0.2, -0.15) is 0 Å². The van der Waals surface area contributed by atoms with E-state index in [9.17, 15) is 4.79 Å². The Balaban J connectivity index is 1.35. The van der Waals surface area contributed by atoms with E-state index in [1.54, 1.807) is 0 Å². The Morgan fingerprint density at radius 3 is 2.59 bits per heavy atom. The molecule has 1 atom stereocenters. The monoisotopic (exact) mass is 399 g/mol. The van der Waals surface area contributed by atoms with Gasteiger partial charge in [0.05, 0.1) is 0 Å². The molecular weight excluding hydrogens is 362 g/mol. The highest BCUT2D eigenvalue weighted by Gasteiger charge is 2.20. The lowest BCUT2D eigenvalue weighted by Gasteiger charge is -2.33. The Bertz CT molecular complexity index is 672. The van der Waals surface area contributed by atoms with Crippen LogP contribution < -0.4 is 10.6 Å². The molecule has 0 saturated carbocycles. The van der Waals surface area contributed by atoms with Gasteiger partial charge in [-0.25, -0.2) is 0 Å². The van der Waals surface area contributed by atoms with E-state index in [0.717, 1.165) is 57.6 Å². The van der Waals surface area contributed by atoms with Crippen LogP contribution in [0.1, 0.15) is 56.6 Å². The standard InChI is InChI=1S/C23H37N5O/c1-19-7-3-4-14-27(19)16-6-13-25-23(24-2)26-17-20-9-11-21(12-10-20)18-28-15-5-8-22(28)29/h9-12,19H,3-8,13-18H2,1-2H3,(H2,24,25,26). The van der Waals surface area contributed by atoms with Gasteiger partial charge in [-0.1, -0.05) is 30.7 Å². The zero-order valence-electron chi connectivity index (χ0n) is 18.1. The lowest BCUT2D eigenvalue weighted by atomic mass is 10.0. The van der Waals surface area contributed by atoms with Gasteiger partial charge in [0, 0.05) is 52.2 Å². The van der Waals surface area contributed by atoms with Crippen molar-refractivity contribution in [2.75, 3.05) is 33.2 Å². The molecule has 1 aromatic carbocycles. The summed E-state index contributed by atoms with van der Waals surface area (Å²) in [5, 5.41) is 6.82. The molecular formula is C23H37N5O. The summed E-state index contributed by atoms with van der Waals surface area (Å²) in [6.45, 7) is 8.05. The molecule has 2 aliphatic rings. The first-order chi connectivity index (χ1) is 14.2. The molecule has 1 amide bonds. The van der Waals surface area contributed by atoms with Gasteiger partial charge >= 0.3 is 0 Å². The molecule has 160 valence electrons. The average Bonchev–Trinajstić information content (AvgIpc) is 3.14. The minimum Gasteiger partial charge on any atom is -0.356 e. The summed E-state index contributed by atoms with van der Waals surface area (Å²) >= 11 is 0. The molecule has 6 heteroatoms. The molecule has 0 aromatic heterocycles. The van der Waals surface area contributed by atoms with Gasteiger partial charge in [0.1, 0.15) is 0 Å². The Kier molecular flexibility index (Phi) is 8.35. The number of aliphatic imine (C=N–C) groups is 1. The molecule has 2 aliphatic heterocycles. The van der Waals surface area contributed by atoms with Gasteiger partial charge in [0.15, 0.2) is 5.96 Å². The van der Waals surface area contributed by atoms with Gasteiger partial charge < -0.3 is 20.4 Å². The number of rotatable bonds is 8. The molecule has 0 aliphatic carbocycles. The molecule has 2 N–H and O–H groups in total. The second-order valence-electron chi connectivity index (χ2n) is 8.32. The highest BCUT2D eigenvalue weighted by Crippen LogP contribution is 2.16. The first-order valence-electron chi connectivity index (χ1n) is 11.2. The average molecular weight is 400 g/mol.